The predicted molar refractivity (Wildman–Crippen MR) is 177 cm³/mol. The molecule has 8 heterocycles. The maximum atomic E-state index is 8.81. The quantitative estimate of drug-likeness (QED) is 0.158. The van der Waals surface area contributed by atoms with Gasteiger partial charge in [-0.3, -0.25) is 4.85 Å². The van der Waals surface area contributed by atoms with Gasteiger partial charge in [-0.05, 0) is 108 Å². The molecule has 0 aromatic heterocycles. The van der Waals surface area contributed by atoms with Gasteiger partial charge < -0.3 is 23.4 Å². The Morgan fingerprint density at radius 1 is 0.667 bits per heavy atom. The zero-order valence-corrected chi connectivity index (χ0v) is 31.6. The van der Waals surface area contributed by atoms with E-state index < -0.39 is 49.4 Å². The molecule has 2 saturated carbocycles. The van der Waals surface area contributed by atoms with Crippen molar-refractivity contribution in [3.63, 3.8) is 0 Å². The van der Waals surface area contributed by atoms with Crippen LogP contribution in [-0.2, 0) is 42.9 Å². The Hall–Kier alpha value is -0.653. The van der Waals surface area contributed by atoms with Crippen molar-refractivity contribution in [1.82, 2.24) is 0 Å². The molecule has 10 rings (SSSR count). The Bertz CT molecular complexity index is 1230. The lowest BCUT2D eigenvalue weighted by molar-refractivity contribution is -0.572. The van der Waals surface area contributed by atoms with Crippen LogP contribution < -0.4 is 0 Å². The molecule has 4 bridgehead atoms. The van der Waals surface area contributed by atoms with E-state index in [9.17, 15) is 0 Å². The molecule has 0 aromatic rings. The molecule has 8 saturated heterocycles. The van der Waals surface area contributed by atoms with Crippen LogP contribution in [0, 0.1) is 53.9 Å². The summed E-state index contributed by atoms with van der Waals surface area (Å²) in [5.41, 5.74) is -2.40. The molecule has 2 spiro atoms. The second-order valence-corrected chi connectivity index (χ2v) is 23.0. The monoisotopic (exact) mass is 689 g/mol. The molecule has 0 N–H and O–H groups in total. The van der Waals surface area contributed by atoms with Gasteiger partial charge >= 0.3 is 5.72 Å². The van der Waals surface area contributed by atoms with E-state index in [-0.39, 0.29) is 35.9 Å². The first-order chi connectivity index (χ1) is 22.6. The van der Waals surface area contributed by atoms with Gasteiger partial charge in [0.1, 0.15) is 0 Å². The number of ether oxygens (including phenoxy) is 4. The molecular weight excluding hydrogens is 630 g/mol. The van der Waals surface area contributed by atoms with Crippen molar-refractivity contribution >= 4 is 8.32 Å². The van der Waals surface area contributed by atoms with Gasteiger partial charge in [-0.25, -0.2) is 26.1 Å². The van der Waals surface area contributed by atoms with Crippen LogP contribution in [0.3, 0.4) is 0 Å². The Morgan fingerprint density at radius 3 is 1.50 bits per heavy atom. The van der Waals surface area contributed by atoms with E-state index in [2.05, 4.69) is 52.2 Å². The van der Waals surface area contributed by atoms with Crippen LogP contribution in [0.15, 0.2) is 0 Å². The van der Waals surface area contributed by atoms with Crippen molar-refractivity contribution in [2.75, 3.05) is 0 Å². The van der Waals surface area contributed by atoms with Crippen molar-refractivity contribution in [3.8, 4) is 0 Å². The summed E-state index contributed by atoms with van der Waals surface area (Å²) >= 11 is 0. The molecule has 10 nitrogen and oxygen atoms in total. The van der Waals surface area contributed by atoms with Crippen LogP contribution in [0.5, 0.6) is 0 Å². The highest BCUT2D eigenvalue weighted by Gasteiger charge is 2.72. The maximum absolute atomic E-state index is 8.81. The molecule has 270 valence electrons. The fourth-order valence-corrected chi connectivity index (χ4v) is 13.3. The van der Waals surface area contributed by atoms with Crippen LogP contribution in [-0.4, -0.2) is 61.6 Å². The molecule has 11 heteroatoms. The number of fused-ring (bicyclic) bond motifs is 4. The van der Waals surface area contributed by atoms with Crippen molar-refractivity contribution in [2.45, 2.75) is 179 Å². The van der Waals surface area contributed by atoms with Gasteiger partial charge in [-0.2, -0.15) is 0 Å². The van der Waals surface area contributed by atoms with Gasteiger partial charge in [0.15, 0.2) is 32.1 Å². The minimum absolute atomic E-state index is 0.122. The Morgan fingerprint density at radius 2 is 1.10 bits per heavy atom. The van der Waals surface area contributed by atoms with Gasteiger partial charge in [0.25, 0.3) is 0 Å². The molecule has 8 aliphatic heterocycles. The van der Waals surface area contributed by atoms with Gasteiger partial charge in [0.2, 0.25) is 11.6 Å². The molecule has 3 unspecified atom stereocenters. The molecule has 0 radical (unpaired) electrons. The van der Waals surface area contributed by atoms with Crippen LogP contribution in [0.25, 0.3) is 4.85 Å². The highest BCUT2D eigenvalue weighted by Crippen LogP contribution is 2.63. The average Bonchev–Trinajstić information content (AvgIpc) is 3.39. The van der Waals surface area contributed by atoms with Crippen LogP contribution in [0.4, 0.5) is 0 Å². The van der Waals surface area contributed by atoms with E-state index in [4.69, 9.17) is 49.5 Å². The van der Waals surface area contributed by atoms with E-state index >= 15 is 0 Å². The zero-order valence-electron chi connectivity index (χ0n) is 30.6. The summed E-state index contributed by atoms with van der Waals surface area (Å²) in [6.07, 6.45) is 7.14. The van der Waals surface area contributed by atoms with E-state index in [1.807, 2.05) is 13.8 Å². The normalized spacial score (nSPS) is 55.4. The van der Waals surface area contributed by atoms with Crippen LogP contribution in [0.2, 0.25) is 19.6 Å². The van der Waals surface area contributed by atoms with E-state index in [1.165, 1.54) is 0 Å². The van der Waals surface area contributed by atoms with Crippen molar-refractivity contribution in [3.05, 3.63) is 11.4 Å². The molecule has 10 fully saturated rings. The summed E-state index contributed by atoms with van der Waals surface area (Å²) in [6, 6.07) is 0. The van der Waals surface area contributed by atoms with Gasteiger partial charge in [-0.1, -0.05) is 27.7 Å². The first-order valence-electron chi connectivity index (χ1n) is 19.0. The Kier molecular flexibility index (Phi) is 8.19. The molecule has 48 heavy (non-hydrogen) atoms. The van der Waals surface area contributed by atoms with E-state index in [0.717, 1.165) is 51.4 Å². The summed E-state index contributed by atoms with van der Waals surface area (Å²) in [7, 11) is -2.21. The lowest BCUT2D eigenvalue weighted by Gasteiger charge is -2.61. The van der Waals surface area contributed by atoms with Crippen LogP contribution in [0.1, 0.15) is 106 Å². The molecule has 0 amide bonds. The minimum Gasteiger partial charge on any atom is -0.351 e. The largest absolute Gasteiger partial charge is 0.351 e. The first-order valence-corrected chi connectivity index (χ1v) is 22.5. The smallest absolute Gasteiger partial charge is 0.333 e. The van der Waals surface area contributed by atoms with Gasteiger partial charge in [-0.15, -0.1) is 0 Å². The number of hydrogen-bond acceptors (Lipinski definition) is 9. The summed E-state index contributed by atoms with van der Waals surface area (Å²) in [5.74, 6) is 0.535. The van der Waals surface area contributed by atoms with E-state index in [1.54, 1.807) is 0 Å². The third-order valence-electron chi connectivity index (χ3n) is 14.3. The molecule has 0 aromatic carbocycles. The maximum Gasteiger partial charge on any atom is 0.333 e. The van der Waals surface area contributed by atoms with E-state index in [0.29, 0.717) is 36.5 Å². The fourth-order valence-electron chi connectivity index (χ4n) is 11.9. The lowest BCUT2D eigenvalue weighted by atomic mass is 9.56. The lowest BCUT2D eigenvalue weighted by Crippen LogP contribution is -2.71. The summed E-state index contributed by atoms with van der Waals surface area (Å²) in [4.78, 5) is 29.4. The zero-order chi connectivity index (χ0) is 34.1. The number of hydrogen-bond donors (Lipinski definition) is 0. The van der Waals surface area contributed by atoms with Gasteiger partial charge in [0, 0.05) is 24.7 Å². The SMILES string of the molecule is [C-]#[N+]C(CC1O[C@@H]2O[C@@]3(C)CC[C@H]4[C@H](C)CC[C@@H]([C@H]1C)[C@@]24OO3)(CC1O[C@@H]2O[C@]3(C)CC[C@H]4[C@H](C)CC[C@@H]([C@H]1C)[C@@]24OO3)O[Si](C)(C)C. The Labute approximate surface area is 288 Å². The van der Waals surface area contributed by atoms with Gasteiger partial charge in [0.05, 0.1) is 25.0 Å². The second kappa shape index (κ2) is 11.4. The highest BCUT2D eigenvalue weighted by atomic mass is 28.4. The minimum atomic E-state index is -2.21. The third kappa shape index (κ3) is 5.09. The number of rotatable bonds is 6. The highest BCUT2D eigenvalue weighted by molar-refractivity contribution is 6.69. The fraction of sp³-hybridized carbons (Fsp3) is 0.973. The van der Waals surface area contributed by atoms with Crippen molar-refractivity contribution < 1.29 is 42.9 Å². The Balaban J connectivity index is 1.11. The molecule has 10 aliphatic rings. The first kappa shape index (κ1) is 34.4. The molecular formula is C37H59NO9Si. The third-order valence-corrected chi connectivity index (χ3v) is 15.3. The summed E-state index contributed by atoms with van der Waals surface area (Å²) in [6.45, 7) is 28.5. The summed E-state index contributed by atoms with van der Waals surface area (Å²) in [5, 5.41) is 0. The molecule has 17 atom stereocenters. The molecule has 2 aliphatic carbocycles. The summed E-state index contributed by atoms with van der Waals surface area (Å²) < 4.78 is 34.5. The van der Waals surface area contributed by atoms with Crippen LogP contribution >= 0.6 is 0 Å². The predicted octanol–water partition coefficient (Wildman–Crippen LogP) is 7.73. The topological polar surface area (TPSA) is 87.4 Å². The average molecular weight is 690 g/mol. The second-order valence-electron chi connectivity index (χ2n) is 18.6. The standard InChI is InChI=1S/C37H59NO9Si/c1-21-11-13-27-23(3)29(39-31-36(27)25(21)15-17-33(5,41-31)43-45-36)19-35(38-7,47-48(8,9)10)20-30-24(4)28-14-12-22(2)26-16-18-34(6)42-32(40-30)37(26,28)46-44-34/h21-32H,11-20H2,1-6,8-10H3/t21-,22-,23-,24-,25+,26+,27+,28+,29?,30?,31-,32-,33-,34+,35?,36-,37-/m1/s1. The van der Waals surface area contributed by atoms with Crippen molar-refractivity contribution in [1.29, 1.82) is 0 Å². The van der Waals surface area contributed by atoms with Crippen molar-refractivity contribution in [2.24, 2.45) is 47.3 Å². The number of nitrogens with zero attached hydrogens (tertiary/aromatic N) is 1.